The zero-order valence-electron chi connectivity index (χ0n) is 10.1. The van der Waals surface area contributed by atoms with Crippen LogP contribution in [0.5, 0.6) is 0 Å². The summed E-state index contributed by atoms with van der Waals surface area (Å²) in [6.07, 6.45) is 2.80. The molecule has 0 fully saturated rings. The molecule has 0 aliphatic rings. The van der Waals surface area contributed by atoms with Gasteiger partial charge in [-0.2, -0.15) is 0 Å². The Bertz CT molecular complexity index is 497. The summed E-state index contributed by atoms with van der Waals surface area (Å²) in [4.78, 5) is 0. The molecule has 2 nitrogen and oxygen atoms in total. The first-order chi connectivity index (χ1) is 8.72. The van der Waals surface area contributed by atoms with E-state index < -0.39 is 0 Å². The van der Waals surface area contributed by atoms with Crippen LogP contribution < -0.4 is 5.32 Å². The van der Waals surface area contributed by atoms with Crippen LogP contribution in [0.25, 0.3) is 0 Å². The molecule has 4 heteroatoms. The van der Waals surface area contributed by atoms with E-state index in [0.29, 0.717) is 0 Å². The molecule has 0 amide bonds. The lowest BCUT2D eigenvalue weighted by atomic mass is 10.0. The highest BCUT2D eigenvalue weighted by atomic mass is 79.9. The average Bonchev–Trinajstić information content (AvgIpc) is 2.88. The van der Waals surface area contributed by atoms with Gasteiger partial charge < -0.3 is 9.73 Å². The molecule has 0 aliphatic heterocycles. The van der Waals surface area contributed by atoms with Crippen LogP contribution in [0.15, 0.2) is 50.0 Å². The molecule has 18 heavy (non-hydrogen) atoms. The maximum Gasteiger partial charge on any atom is 0.125 e. The SMILES string of the molecule is CCCNC(c1ccco1)c1cc(Br)ccc1Br. The Hall–Kier alpha value is -0.580. The zero-order chi connectivity index (χ0) is 13.0. The smallest absolute Gasteiger partial charge is 0.125 e. The van der Waals surface area contributed by atoms with Crippen molar-refractivity contribution in [3.8, 4) is 0 Å². The van der Waals surface area contributed by atoms with Gasteiger partial charge in [-0.15, -0.1) is 0 Å². The van der Waals surface area contributed by atoms with Gasteiger partial charge in [-0.25, -0.2) is 0 Å². The monoisotopic (exact) mass is 371 g/mol. The number of benzene rings is 1. The van der Waals surface area contributed by atoms with Crippen molar-refractivity contribution in [3.05, 3.63) is 56.9 Å². The van der Waals surface area contributed by atoms with Crippen molar-refractivity contribution in [1.29, 1.82) is 0 Å². The van der Waals surface area contributed by atoms with Crippen molar-refractivity contribution in [2.45, 2.75) is 19.4 Å². The van der Waals surface area contributed by atoms with Gasteiger partial charge in [0.05, 0.1) is 12.3 Å². The molecule has 96 valence electrons. The second-order valence-corrected chi connectivity index (χ2v) is 5.84. The van der Waals surface area contributed by atoms with Gasteiger partial charge in [0.2, 0.25) is 0 Å². The summed E-state index contributed by atoms with van der Waals surface area (Å²) in [6.45, 7) is 3.10. The maximum atomic E-state index is 5.54. The van der Waals surface area contributed by atoms with E-state index in [2.05, 4.69) is 50.2 Å². The molecule has 1 aromatic heterocycles. The standard InChI is InChI=1S/C14H15Br2NO/c1-2-7-17-14(13-4-3-8-18-13)11-9-10(15)5-6-12(11)16/h3-6,8-9,14,17H,2,7H2,1H3. The van der Waals surface area contributed by atoms with Crippen molar-refractivity contribution in [2.24, 2.45) is 0 Å². The van der Waals surface area contributed by atoms with Crippen LogP contribution in [0.2, 0.25) is 0 Å². The first-order valence-corrected chi connectivity index (χ1v) is 7.52. The fourth-order valence-electron chi connectivity index (χ4n) is 1.84. The molecule has 1 unspecified atom stereocenters. The van der Waals surface area contributed by atoms with Crippen LogP contribution in [0.1, 0.15) is 30.7 Å². The Labute approximate surface area is 124 Å². The van der Waals surface area contributed by atoms with Crippen molar-refractivity contribution < 1.29 is 4.42 Å². The summed E-state index contributed by atoms with van der Waals surface area (Å²) < 4.78 is 7.69. The quantitative estimate of drug-likeness (QED) is 0.807. The van der Waals surface area contributed by atoms with Gasteiger partial charge in [0.1, 0.15) is 5.76 Å². The van der Waals surface area contributed by atoms with Gasteiger partial charge in [-0.1, -0.05) is 38.8 Å². The number of halogens is 2. The first kappa shape index (κ1) is 13.8. The van der Waals surface area contributed by atoms with Crippen molar-refractivity contribution in [1.82, 2.24) is 5.32 Å². The number of nitrogens with one attached hydrogen (secondary N) is 1. The van der Waals surface area contributed by atoms with Gasteiger partial charge in [0.25, 0.3) is 0 Å². The molecule has 2 aromatic rings. The third-order valence-corrected chi connectivity index (χ3v) is 3.91. The molecule has 1 atom stereocenters. The highest BCUT2D eigenvalue weighted by Gasteiger charge is 2.18. The second-order valence-electron chi connectivity index (χ2n) is 4.07. The van der Waals surface area contributed by atoms with Crippen LogP contribution in [-0.2, 0) is 0 Å². The summed E-state index contributed by atoms with van der Waals surface area (Å²) in [7, 11) is 0. The molecule has 0 aliphatic carbocycles. The molecule has 1 aromatic carbocycles. The van der Waals surface area contributed by atoms with Gasteiger partial charge >= 0.3 is 0 Å². The Kier molecular flexibility index (Phi) is 5.03. The minimum atomic E-state index is 0.0758. The molecular formula is C14H15Br2NO. The Balaban J connectivity index is 2.36. The average molecular weight is 373 g/mol. The zero-order valence-corrected chi connectivity index (χ0v) is 13.3. The van der Waals surface area contributed by atoms with Gasteiger partial charge in [-0.3, -0.25) is 0 Å². The maximum absolute atomic E-state index is 5.54. The van der Waals surface area contributed by atoms with Crippen LogP contribution in [0.3, 0.4) is 0 Å². The molecule has 0 saturated heterocycles. The van der Waals surface area contributed by atoms with Crippen molar-refractivity contribution >= 4 is 31.9 Å². The molecule has 1 N–H and O–H groups in total. The number of hydrogen-bond donors (Lipinski definition) is 1. The van der Waals surface area contributed by atoms with E-state index >= 15 is 0 Å². The van der Waals surface area contributed by atoms with E-state index in [1.54, 1.807) is 6.26 Å². The van der Waals surface area contributed by atoms with E-state index in [-0.39, 0.29) is 6.04 Å². The largest absolute Gasteiger partial charge is 0.467 e. The van der Waals surface area contributed by atoms with Crippen LogP contribution in [0, 0.1) is 0 Å². The normalized spacial score (nSPS) is 12.6. The Morgan fingerprint density at radius 1 is 1.28 bits per heavy atom. The van der Waals surface area contributed by atoms with E-state index in [1.165, 1.54) is 5.56 Å². The van der Waals surface area contributed by atoms with E-state index in [1.807, 2.05) is 24.3 Å². The predicted octanol–water partition coefficient (Wildman–Crippen LogP) is 4.89. The Morgan fingerprint density at radius 3 is 2.78 bits per heavy atom. The molecule has 0 spiro atoms. The third kappa shape index (κ3) is 3.25. The molecule has 0 radical (unpaired) electrons. The highest BCUT2D eigenvalue weighted by molar-refractivity contribution is 9.11. The highest BCUT2D eigenvalue weighted by Crippen LogP contribution is 2.31. The van der Waals surface area contributed by atoms with Crippen molar-refractivity contribution in [2.75, 3.05) is 6.54 Å². The van der Waals surface area contributed by atoms with E-state index in [4.69, 9.17) is 4.42 Å². The van der Waals surface area contributed by atoms with Crippen LogP contribution >= 0.6 is 31.9 Å². The van der Waals surface area contributed by atoms with Gasteiger partial charge in [0, 0.05) is 8.95 Å². The van der Waals surface area contributed by atoms with Crippen LogP contribution in [-0.4, -0.2) is 6.54 Å². The van der Waals surface area contributed by atoms with Crippen LogP contribution in [0.4, 0.5) is 0 Å². The second kappa shape index (κ2) is 6.55. The fourth-order valence-corrected chi connectivity index (χ4v) is 2.70. The van der Waals surface area contributed by atoms with Crippen molar-refractivity contribution in [3.63, 3.8) is 0 Å². The molecular weight excluding hydrogens is 358 g/mol. The topological polar surface area (TPSA) is 25.2 Å². The molecule has 0 saturated carbocycles. The summed E-state index contributed by atoms with van der Waals surface area (Å²) in [5.41, 5.74) is 1.17. The van der Waals surface area contributed by atoms with E-state index in [9.17, 15) is 0 Å². The first-order valence-electron chi connectivity index (χ1n) is 5.94. The summed E-state index contributed by atoms with van der Waals surface area (Å²) in [6, 6.07) is 10.2. The number of hydrogen-bond acceptors (Lipinski definition) is 2. The molecule has 2 rings (SSSR count). The molecule has 1 heterocycles. The Morgan fingerprint density at radius 2 is 2.11 bits per heavy atom. The van der Waals surface area contributed by atoms with E-state index in [0.717, 1.165) is 27.7 Å². The summed E-state index contributed by atoms with van der Waals surface area (Å²) in [5, 5.41) is 3.51. The lowest BCUT2D eigenvalue weighted by Crippen LogP contribution is -2.23. The third-order valence-electron chi connectivity index (χ3n) is 2.70. The minimum absolute atomic E-state index is 0.0758. The molecule has 0 bridgehead atoms. The van der Waals surface area contributed by atoms with Gasteiger partial charge in [0.15, 0.2) is 0 Å². The number of furan rings is 1. The van der Waals surface area contributed by atoms with Gasteiger partial charge in [-0.05, 0) is 48.9 Å². The summed E-state index contributed by atoms with van der Waals surface area (Å²) in [5.74, 6) is 0.933. The number of rotatable bonds is 5. The fraction of sp³-hybridized carbons (Fsp3) is 0.286. The predicted molar refractivity (Wildman–Crippen MR) is 80.7 cm³/mol. The minimum Gasteiger partial charge on any atom is -0.467 e. The summed E-state index contributed by atoms with van der Waals surface area (Å²) >= 11 is 7.12. The lowest BCUT2D eigenvalue weighted by molar-refractivity contribution is 0.446. The lowest BCUT2D eigenvalue weighted by Gasteiger charge is -2.18.